The van der Waals surface area contributed by atoms with Crippen LogP contribution in [0.15, 0.2) is 24.3 Å². The fourth-order valence-corrected chi connectivity index (χ4v) is 6.45. The summed E-state index contributed by atoms with van der Waals surface area (Å²) in [5, 5.41) is 14.8. The van der Waals surface area contributed by atoms with Gasteiger partial charge in [0.15, 0.2) is 0 Å². The van der Waals surface area contributed by atoms with Gasteiger partial charge >= 0.3 is 0 Å². The largest absolute Gasteiger partial charge is 0.497 e. The van der Waals surface area contributed by atoms with Crippen LogP contribution in [0.1, 0.15) is 51.9 Å². The first-order valence-electron chi connectivity index (χ1n) is 12.7. The summed E-state index contributed by atoms with van der Waals surface area (Å²) in [6.07, 6.45) is 4.92. The van der Waals surface area contributed by atoms with Gasteiger partial charge in [-0.1, -0.05) is 19.8 Å². The molecule has 0 aromatic heterocycles. The molecule has 9 heteroatoms. The number of likely N-dealkylation sites (tertiary alicyclic amines) is 1. The van der Waals surface area contributed by atoms with E-state index >= 15 is 0 Å². The van der Waals surface area contributed by atoms with Crippen molar-refractivity contribution in [3.8, 4) is 5.75 Å². The third-order valence-corrected chi connectivity index (χ3v) is 8.12. The van der Waals surface area contributed by atoms with Crippen LogP contribution in [0.25, 0.3) is 0 Å². The predicted octanol–water partition coefficient (Wildman–Crippen LogP) is 2.09. The molecule has 192 valence electrons. The number of hydrogen-bond acceptors (Lipinski definition) is 6. The van der Waals surface area contributed by atoms with Crippen LogP contribution in [0.2, 0.25) is 0 Å². The molecule has 1 spiro atoms. The van der Waals surface area contributed by atoms with Crippen LogP contribution in [-0.2, 0) is 19.1 Å². The van der Waals surface area contributed by atoms with Crippen molar-refractivity contribution in [3.05, 3.63) is 24.3 Å². The Morgan fingerprint density at radius 2 is 1.86 bits per heavy atom. The minimum atomic E-state index is -1.02. The van der Waals surface area contributed by atoms with Gasteiger partial charge in [-0.2, -0.15) is 0 Å². The fraction of sp³-hybridized carbons (Fsp3) is 0.654. The van der Waals surface area contributed by atoms with Crippen molar-refractivity contribution in [2.45, 2.75) is 69.1 Å². The molecule has 3 saturated heterocycles. The van der Waals surface area contributed by atoms with E-state index in [-0.39, 0.29) is 24.3 Å². The number of nitrogens with one attached hydrogen (secondary N) is 2. The lowest BCUT2D eigenvalue weighted by molar-refractivity contribution is -0.145. The van der Waals surface area contributed by atoms with Crippen molar-refractivity contribution < 1.29 is 29.0 Å². The van der Waals surface area contributed by atoms with Crippen molar-refractivity contribution in [1.29, 1.82) is 0 Å². The van der Waals surface area contributed by atoms with Crippen molar-refractivity contribution in [1.82, 2.24) is 10.2 Å². The van der Waals surface area contributed by atoms with Crippen LogP contribution in [0.3, 0.4) is 0 Å². The minimum absolute atomic E-state index is 0.140. The molecule has 0 radical (unpaired) electrons. The maximum atomic E-state index is 13.9. The van der Waals surface area contributed by atoms with E-state index in [1.807, 2.05) is 6.92 Å². The van der Waals surface area contributed by atoms with E-state index in [0.717, 1.165) is 12.8 Å². The molecule has 3 N–H and O–H groups in total. The lowest BCUT2D eigenvalue weighted by Gasteiger charge is -2.33. The number of hydrogen-bond donors (Lipinski definition) is 3. The van der Waals surface area contributed by atoms with Crippen molar-refractivity contribution >= 4 is 23.4 Å². The van der Waals surface area contributed by atoms with Gasteiger partial charge in [0.1, 0.15) is 17.4 Å². The Balaban J connectivity index is 1.65. The zero-order valence-electron chi connectivity index (χ0n) is 20.8. The maximum Gasteiger partial charge on any atom is 0.250 e. The summed E-state index contributed by atoms with van der Waals surface area (Å²) < 4.78 is 11.9. The maximum absolute atomic E-state index is 13.9. The van der Waals surface area contributed by atoms with E-state index in [0.29, 0.717) is 50.1 Å². The molecule has 1 aromatic carbocycles. The van der Waals surface area contributed by atoms with Gasteiger partial charge in [-0.25, -0.2) is 0 Å². The summed E-state index contributed by atoms with van der Waals surface area (Å²) in [6, 6.07) is 6.23. The number of anilines is 1. The Hall–Kier alpha value is -2.65. The second-order valence-corrected chi connectivity index (χ2v) is 9.83. The number of amides is 3. The molecular formula is C26H37N3O6. The van der Waals surface area contributed by atoms with Gasteiger partial charge in [0.2, 0.25) is 17.7 Å². The summed E-state index contributed by atoms with van der Waals surface area (Å²) in [7, 11) is 3.16. The zero-order chi connectivity index (χ0) is 25.2. The molecule has 3 aliphatic rings. The molecule has 3 fully saturated rings. The van der Waals surface area contributed by atoms with E-state index in [9.17, 15) is 14.4 Å². The third kappa shape index (κ3) is 4.18. The van der Waals surface area contributed by atoms with Crippen molar-refractivity contribution in [3.63, 3.8) is 0 Å². The number of aliphatic hydroxyl groups is 1. The molecule has 9 nitrogen and oxygen atoms in total. The van der Waals surface area contributed by atoms with Gasteiger partial charge in [-0.3, -0.25) is 14.4 Å². The molecule has 1 aromatic rings. The smallest absolute Gasteiger partial charge is 0.250 e. The summed E-state index contributed by atoms with van der Waals surface area (Å²) >= 11 is 0. The number of fused-ring (bicyclic) bond motifs is 1. The highest BCUT2D eigenvalue weighted by atomic mass is 16.5. The van der Waals surface area contributed by atoms with Crippen LogP contribution in [0, 0.1) is 11.8 Å². The van der Waals surface area contributed by atoms with Crippen molar-refractivity contribution in [2.75, 3.05) is 32.6 Å². The number of benzene rings is 1. The standard InChI is InChI=1S/C26H37N3O6/c1-4-25-13-14-26(35-25)20(19(25)22(31)27-2)24(33)29(15-7-5-6-8-16-30)21(26)23(32)28-17-9-11-18(34-3)12-10-17/h9-12,19-21,30H,4-8,13-16H2,1-3H3,(H,27,31)(H,28,32)/t19-,20+,21?,25+,26?/m1/s1. The van der Waals surface area contributed by atoms with E-state index in [1.54, 1.807) is 43.3 Å². The van der Waals surface area contributed by atoms with Gasteiger partial charge in [-0.05, 0) is 56.4 Å². The normalized spacial score (nSPS) is 30.9. The molecule has 2 unspecified atom stereocenters. The molecule has 3 aliphatic heterocycles. The Labute approximate surface area is 206 Å². The van der Waals surface area contributed by atoms with E-state index in [1.165, 1.54) is 0 Å². The van der Waals surface area contributed by atoms with Crippen LogP contribution >= 0.6 is 0 Å². The van der Waals surface area contributed by atoms with Gasteiger partial charge < -0.3 is 30.1 Å². The number of methoxy groups -OCH3 is 1. The molecule has 0 aliphatic carbocycles. The summed E-state index contributed by atoms with van der Waals surface area (Å²) in [4.78, 5) is 42.3. The number of rotatable bonds is 11. The van der Waals surface area contributed by atoms with Crippen LogP contribution in [0.5, 0.6) is 5.75 Å². The first-order valence-corrected chi connectivity index (χ1v) is 12.7. The summed E-state index contributed by atoms with van der Waals surface area (Å²) in [6.45, 7) is 2.53. The topological polar surface area (TPSA) is 117 Å². The molecule has 0 saturated carbocycles. The number of aliphatic hydroxyl groups excluding tert-OH is 1. The molecular weight excluding hydrogens is 450 g/mol. The Morgan fingerprint density at radius 3 is 2.49 bits per heavy atom. The SMILES string of the molecule is CC[C@@]12CCC3(O1)C(C(=O)Nc1ccc(OC)cc1)N(CCCCCCO)C(=O)[C@@H]3[C@@H]2C(=O)NC. The fourth-order valence-electron chi connectivity index (χ4n) is 6.45. The lowest BCUT2D eigenvalue weighted by Crippen LogP contribution is -2.53. The number of ether oxygens (including phenoxy) is 2. The van der Waals surface area contributed by atoms with Gasteiger partial charge in [-0.15, -0.1) is 0 Å². The number of carbonyl (C=O) groups excluding carboxylic acids is 3. The van der Waals surface area contributed by atoms with Crippen LogP contribution in [0.4, 0.5) is 5.69 Å². The van der Waals surface area contributed by atoms with Gasteiger partial charge in [0.25, 0.3) is 0 Å². The zero-order valence-corrected chi connectivity index (χ0v) is 20.8. The highest BCUT2D eigenvalue weighted by Gasteiger charge is 2.78. The van der Waals surface area contributed by atoms with E-state index < -0.39 is 29.1 Å². The van der Waals surface area contributed by atoms with E-state index in [4.69, 9.17) is 14.6 Å². The molecule has 4 rings (SSSR count). The summed E-state index contributed by atoms with van der Waals surface area (Å²) in [5.41, 5.74) is -1.15. The first kappa shape index (κ1) is 25.4. The number of nitrogens with zero attached hydrogens (tertiary/aromatic N) is 1. The number of carbonyl (C=O) groups is 3. The highest BCUT2D eigenvalue weighted by molar-refractivity contribution is 6.03. The van der Waals surface area contributed by atoms with Gasteiger partial charge in [0.05, 0.1) is 24.5 Å². The lowest BCUT2D eigenvalue weighted by atomic mass is 9.65. The first-order chi connectivity index (χ1) is 16.9. The average Bonchev–Trinajstić information content (AvgIpc) is 3.47. The number of unbranched alkanes of at least 4 members (excludes halogenated alkanes) is 3. The van der Waals surface area contributed by atoms with Crippen LogP contribution < -0.4 is 15.4 Å². The predicted molar refractivity (Wildman–Crippen MR) is 130 cm³/mol. The monoisotopic (exact) mass is 487 g/mol. The molecule has 35 heavy (non-hydrogen) atoms. The summed E-state index contributed by atoms with van der Waals surface area (Å²) in [5.74, 6) is -1.30. The Morgan fingerprint density at radius 1 is 1.14 bits per heavy atom. The second kappa shape index (κ2) is 10.1. The molecule has 5 atom stereocenters. The Bertz CT molecular complexity index is 953. The quantitative estimate of drug-likeness (QED) is 0.412. The molecule has 3 amide bonds. The van der Waals surface area contributed by atoms with Crippen molar-refractivity contribution in [2.24, 2.45) is 11.8 Å². The van der Waals surface area contributed by atoms with E-state index in [2.05, 4.69) is 10.6 Å². The Kier molecular flexibility index (Phi) is 7.38. The van der Waals surface area contributed by atoms with Gasteiger partial charge in [0, 0.05) is 25.9 Å². The second-order valence-electron chi connectivity index (χ2n) is 9.83. The minimum Gasteiger partial charge on any atom is -0.497 e. The average molecular weight is 488 g/mol. The molecule has 3 heterocycles. The highest BCUT2D eigenvalue weighted by Crippen LogP contribution is 2.64. The van der Waals surface area contributed by atoms with Crippen LogP contribution in [-0.4, -0.2) is 72.3 Å². The third-order valence-electron chi connectivity index (χ3n) is 8.12. The molecule has 2 bridgehead atoms.